The Morgan fingerprint density at radius 3 is 0.993 bits per heavy atom. The highest BCUT2D eigenvalue weighted by atomic mass is 32.1. The first-order valence-electron chi connectivity index (χ1n) is 46.0. The van der Waals surface area contributed by atoms with Gasteiger partial charge in [0.1, 0.15) is 39.1 Å². The van der Waals surface area contributed by atoms with E-state index in [4.69, 9.17) is 17.7 Å². The number of nitrogens with zero attached hydrogens (tertiary/aromatic N) is 3. The zero-order valence-corrected chi connectivity index (χ0v) is 75.3. The second-order valence-electron chi connectivity index (χ2n) is 35.4. The normalized spacial score (nSPS) is 12.1. The number of aromatic nitrogens is 3. The van der Waals surface area contributed by atoms with Gasteiger partial charge in [0.2, 0.25) is 0 Å². The number of thiophene rings is 3. The van der Waals surface area contributed by atoms with Crippen molar-refractivity contribution in [3.05, 3.63) is 443 Å². The van der Waals surface area contributed by atoms with Crippen LogP contribution in [0.5, 0.6) is 0 Å². The van der Waals surface area contributed by atoms with Crippen LogP contribution in [0, 0.1) is 0 Å². The monoisotopic (exact) mass is 1790 g/mol. The predicted octanol–water partition coefficient (Wildman–Crippen LogP) is 37.4. The maximum atomic E-state index is 6.51. The number of para-hydroxylation sites is 7. The van der Waals surface area contributed by atoms with Gasteiger partial charge in [-0.05, 0) is 219 Å². The minimum atomic E-state index is 0.900. The molecule has 0 N–H and O–H groups in total. The molecule has 10 aromatic heterocycles. The van der Waals surface area contributed by atoms with Crippen molar-refractivity contribution in [2.24, 2.45) is 0 Å². The van der Waals surface area contributed by atoms with Gasteiger partial charge in [0.15, 0.2) is 5.58 Å². The average Bonchev–Trinajstić information content (AvgIpc) is 1.55. The van der Waals surface area contributed by atoms with Crippen LogP contribution < -0.4 is 0 Å². The van der Waals surface area contributed by atoms with Crippen molar-refractivity contribution >= 4 is 248 Å². The molecule has 0 aliphatic carbocycles. The summed E-state index contributed by atoms with van der Waals surface area (Å²) in [7, 11) is 0. The number of fused-ring (bicyclic) bond motifs is 33. The molecule has 31 rings (SSSR count). The average molecular weight is 1790 g/mol. The lowest BCUT2D eigenvalue weighted by Crippen LogP contribution is -1.94. The van der Waals surface area contributed by atoms with Gasteiger partial charge < -0.3 is 31.4 Å². The fraction of sp³-hybridized carbons (Fsp3) is 0. The molecule has 0 unspecified atom stereocenters. The molecular weight excluding hydrogens is 1720 g/mol. The van der Waals surface area contributed by atoms with Gasteiger partial charge in [0.25, 0.3) is 0 Å². The number of rotatable bonds is 8. The highest BCUT2D eigenvalue weighted by molar-refractivity contribution is 7.27. The number of hydrogen-bond acceptors (Lipinski definition) is 7. The molecule has 136 heavy (non-hydrogen) atoms. The van der Waals surface area contributed by atoms with Crippen molar-refractivity contribution in [2.45, 2.75) is 0 Å². The lowest BCUT2D eigenvalue weighted by Gasteiger charge is -2.11. The maximum absolute atomic E-state index is 6.51. The van der Waals surface area contributed by atoms with Crippen LogP contribution in [-0.4, -0.2) is 13.7 Å². The third-order valence-corrected chi connectivity index (χ3v) is 31.7. The number of hydrogen-bond donors (Lipinski definition) is 0. The van der Waals surface area contributed by atoms with Crippen LogP contribution in [-0.2, 0) is 0 Å². The minimum absolute atomic E-state index is 0.900. The van der Waals surface area contributed by atoms with Gasteiger partial charge in [-0.3, -0.25) is 0 Å². The van der Waals surface area contributed by atoms with E-state index in [9.17, 15) is 0 Å². The summed E-state index contributed by atoms with van der Waals surface area (Å²) >= 11 is 5.56. The first-order valence-corrected chi connectivity index (χ1v) is 48.5. The van der Waals surface area contributed by atoms with E-state index in [1.807, 2.05) is 46.1 Å². The molecule has 0 bridgehead atoms. The topological polar surface area (TPSA) is 67.3 Å². The first kappa shape index (κ1) is 76.6. The molecule has 10 heteroatoms. The zero-order valence-electron chi connectivity index (χ0n) is 72.8. The molecule has 0 aliphatic heterocycles. The standard InChI is InChI=1S/C42H23NO2S.2C42H25NOS/c1-4-14-32-26(9-1)31-23-24(19-21-33(31)43(32)34-15-7-13-29-27-10-2-5-16-35(27)45-41(29)34)25-12-8-17-36-39(25)40-37(44-36)22-20-30-28-11-3-6-18-38(28)46-42(30)40;1-4-15-35-31(11-1)32-12-2-5-16-36(32)43(35)29-21-19-26(20-22-29)27-9-7-10-28(25-27)30-14-8-17-37-40(30)41-38(44-37)24-23-34-33-13-3-6-18-39(33)45-42(34)41;1-2-9-29(10-3-1)43-35-14-6-4-11-31(35)34-25-28(21-23-36(34)43)26-17-19-27(20-18-26)30-13-8-15-37-40(30)41-38(44-37)24-22-33-32-12-5-7-16-39(32)45-42(33)41/h1-23H;2*1-25H. The van der Waals surface area contributed by atoms with Crippen LogP contribution in [0.2, 0.25) is 0 Å². The van der Waals surface area contributed by atoms with Crippen LogP contribution in [0.4, 0.5) is 0 Å². The summed E-state index contributed by atoms with van der Waals surface area (Å²) in [4.78, 5) is 0. The van der Waals surface area contributed by atoms with Gasteiger partial charge in [0, 0.05) is 147 Å². The summed E-state index contributed by atoms with van der Waals surface area (Å²) in [6.07, 6.45) is 0. The fourth-order valence-electron chi connectivity index (χ4n) is 22.0. The third kappa shape index (κ3) is 11.7. The van der Waals surface area contributed by atoms with E-state index in [2.05, 4.69) is 444 Å². The number of furan rings is 4. The third-order valence-electron chi connectivity index (χ3n) is 28.1. The molecule has 10 heterocycles. The highest BCUT2D eigenvalue weighted by Crippen LogP contribution is 2.52. The van der Waals surface area contributed by atoms with Crippen LogP contribution in [0.25, 0.3) is 286 Å². The Morgan fingerprint density at radius 2 is 0.485 bits per heavy atom. The van der Waals surface area contributed by atoms with E-state index in [1.165, 1.54) is 209 Å². The van der Waals surface area contributed by atoms with Crippen LogP contribution in [0.1, 0.15) is 0 Å². The second-order valence-corrected chi connectivity index (χ2v) is 38.6. The molecule has 31 aromatic rings. The maximum Gasteiger partial charge on any atom is 0.159 e. The molecule has 0 radical (unpaired) electrons. The van der Waals surface area contributed by atoms with Gasteiger partial charge >= 0.3 is 0 Å². The Morgan fingerprint density at radius 1 is 0.162 bits per heavy atom. The van der Waals surface area contributed by atoms with E-state index in [0.29, 0.717) is 0 Å². The van der Waals surface area contributed by atoms with E-state index >= 15 is 0 Å². The quantitative estimate of drug-likeness (QED) is 0.152. The Hall–Kier alpha value is -17.1. The molecule has 634 valence electrons. The number of benzene rings is 21. The van der Waals surface area contributed by atoms with Gasteiger partial charge in [-0.25, -0.2) is 0 Å². The summed E-state index contributed by atoms with van der Waals surface area (Å²) in [6.45, 7) is 0. The molecule has 0 saturated heterocycles. The zero-order chi connectivity index (χ0) is 88.9. The van der Waals surface area contributed by atoms with Crippen molar-refractivity contribution in [2.75, 3.05) is 0 Å². The van der Waals surface area contributed by atoms with Gasteiger partial charge in [-0.15, -0.1) is 34.0 Å². The fourth-order valence-corrected chi connectivity index (χ4v) is 25.7. The largest absolute Gasteiger partial charge is 0.456 e. The molecule has 0 amide bonds. The molecule has 0 aliphatic rings. The molecule has 0 saturated carbocycles. The predicted molar refractivity (Wildman–Crippen MR) is 577 cm³/mol. The summed E-state index contributed by atoms with van der Waals surface area (Å²) < 4.78 is 40.7. The van der Waals surface area contributed by atoms with Crippen LogP contribution in [0.15, 0.2) is 461 Å². The van der Waals surface area contributed by atoms with Gasteiger partial charge in [0.05, 0.1) is 38.8 Å². The van der Waals surface area contributed by atoms with E-state index in [0.717, 1.165) is 77.8 Å². The summed E-state index contributed by atoms with van der Waals surface area (Å²) in [6, 6.07) is 159. The van der Waals surface area contributed by atoms with E-state index in [1.54, 1.807) is 0 Å². The van der Waals surface area contributed by atoms with Crippen LogP contribution in [0.3, 0.4) is 0 Å². The summed E-state index contributed by atoms with van der Waals surface area (Å²) in [5.74, 6) is 0. The SMILES string of the molecule is c1cc(-c2ccc(-n3c4ccccc4c4ccccc43)cc2)cc(-c2cccc3oc4ccc5c6ccccc6sc5c4c23)c1.c1ccc(-n2c3ccccc3c3cc(-c4ccc(-c5cccc6oc7ccc8c9ccccc9sc8c7c56)cc4)ccc32)cc1.c1ccc2c(c1)oc1c(-n3c4ccccc4c4cc(-c5cccc6oc7ccc8c9ccccc9sc8c7c56)ccc43)cccc12. The van der Waals surface area contributed by atoms with E-state index in [-0.39, 0.29) is 0 Å². The smallest absolute Gasteiger partial charge is 0.159 e. The molecule has 7 nitrogen and oxygen atoms in total. The molecular formula is C126H73N3O4S3. The second kappa shape index (κ2) is 30.2. The molecule has 21 aromatic carbocycles. The first-order chi connectivity index (χ1) is 67.4. The molecule has 0 spiro atoms. The van der Waals surface area contributed by atoms with E-state index < -0.39 is 0 Å². The van der Waals surface area contributed by atoms with Crippen molar-refractivity contribution in [3.8, 4) is 72.7 Å². The summed E-state index contributed by atoms with van der Waals surface area (Å²) in [5.41, 5.74) is 29.9. The Bertz CT molecular complexity index is 10400. The van der Waals surface area contributed by atoms with Crippen LogP contribution >= 0.6 is 34.0 Å². The lowest BCUT2D eigenvalue weighted by molar-refractivity contribution is 0.666. The summed E-state index contributed by atoms with van der Waals surface area (Å²) in [5, 5.41) is 24.7. The minimum Gasteiger partial charge on any atom is -0.456 e. The van der Waals surface area contributed by atoms with Crippen molar-refractivity contribution in [1.29, 1.82) is 0 Å². The Kier molecular flexibility index (Phi) is 17.0. The van der Waals surface area contributed by atoms with Gasteiger partial charge in [-0.2, -0.15) is 0 Å². The van der Waals surface area contributed by atoms with Crippen molar-refractivity contribution in [1.82, 2.24) is 13.7 Å². The Balaban J connectivity index is 0.0000000989. The van der Waals surface area contributed by atoms with Crippen molar-refractivity contribution < 1.29 is 17.7 Å². The highest BCUT2D eigenvalue weighted by Gasteiger charge is 2.26. The lowest BCUT2D eigenvalue weighted by atomic mass is 9.95. The molecule has 0 atom stereocenters. The Labute approximate surface area is 788 Å². The molecule has 0 fully saturated rings. The van der Waals surface area contributed by atoms with Gasteiger partial charge in [-0.1, -0.05) is 279 Å². The van der Waals surface area contributed by atoms with Crippen molar-refractivity contribution in [3.63, 3.8) is 0 Å².